The largest absolute Gasteiger partial charge is 0.504 e. The van der Waals surface area contributed by atoms with E-state index in [9.17, 15) is 14.7 Å². The molecule has 0 spiro atoms. The van der Waals surface area contributed by atoms with E-state index in [1.54, 1.807) is 17.7 Å². The third-order valence-electron chi connectivity index (χ3n) is 3.87. The number of para-hydroxylation sites is 2. The monoisotopic (exact) mass is 381 g/mol. The molecule has 0 radical (unpaired) electrons. The molecule has 2 N–H and O–H groups in total. The van der Waals surface area contributed by atoms with Gasteiger partial charge in [-0.05, 0) is 31.2 Å². The number of aryl methyl sites for hydroxylation is 1. The van der Waals surface area contributed by atoms with Crippen molar-refractivity contribution in [1.29, 1.82) is 0 Å². The predicted octanol–water partition coefficient (Wildman–Crippen LogP) is 2.69. The van der Waals surface area contributed by atoms with Gasteiger partial charge in [0.1, 0.15) is 11.4 Å². The average molecular weight is 381 g/mol. The molecule has 0 aliphatic heterocycles. The van der Waals surface area contributed by atoms with E-state index in [0.717, 1.165) is 11.4 Å². The Labute approximate surface area is 161 Å². The molecule has 144 valence electrons. The van der Waals surface area contributed by atoms with Crippen LogP contribution in [0.3, 0.4) is 0 Å². The fourth-order valence-corrected chi connectivity index (χ4v) is 2.59. The number of nitrogens with one attached hydrogen (secondary N) is 1. The summed E-state index contributed by atoms with van der Waals surface area (Å²) in [6.45, 7) is 1.29. The number of aromatic nitrogens is 2. The Bertz CT molecular complexity index is 998. The maximum Gasteiger partial charge on any atom is 0.342 e. The van der Waals surface area contributed by atoms with Crippen molar-refractivity contribution in [3.05, 3.63) is 65.9 Å². The van der Waals surface area contributed by atoms with Gasteiger partial charge in [-0.3, -0.25) is 4.79 Å². The number of rotatable bonds is 6. The number of nitrogens with zero attached hydrogens (tertiary/aromatic N) is 2. The molecule has 28 heavy (non-hydrogen) atoms. The first kappa shape index (κ1) is 19.0. The SMILES string of the molecule is COc1cccc(C(=O)OCC(=O)Nc2cc(C)nn2-c2ccccc2)c1O. The number of aromatic hydroxyl groups is 1. The molecule has 0 bridgehead atoms. The molecule has 1 heterocycles. The fourth-order valence-electron chi connectivity index (χ4n) is 2.59. The van der Waals surface area contributed by atoms with E-state index in [4.69, 9.17) is 9.47 Å². The zero-order chi connectivity index (χ0) is 20.1. The number of phenols is 1. The van der Waals surface area contributed by atoms with Crippen LogP contribution in [0, 0.1) is 6.92 Å². The van der Waals surface area contributed by atoms with E-state index < -0.39 is 18.5 Å². The highest BCUT2D eigenvalue weighted by Crippen LogP contribution is 2.29. The second-order valence-electron chi connectivity index (χ2n) is 5.90. The van der Waals surface area contributed by atoms with Crippen LogP contribution in [-0.2, 0) is 9.53 Å². The lowest BCUT2D eigenvalue weighted by atomic mass is 10.2. The van der Waals surface area contributed by atoms with Gasteiger partial charge in [-0.15, -0.1) is 0 Å². The van der Waals surface area contributed by atoms with Gasteiger partial charge in [0.15, 0.2) is 18.1 Å². The molecule has 2 aromatic carbocycles. The number of esters is 1. The number of hydrogen-bond donors (Lipinski definition) is 2. The van der Waals surface area contributed by atoms with Crippen molar-refractivity contribution in [2.75, 3.05) is 19.0 Å². The van der Waals surface area contributed by atoms with E-state index in [1.165, 1.54) is 25.3 Å². The van der Waals surface area contributed by atoms with Crippen molar-refractivity contribution < 1.29 is 24.2 Å². The minimum Gasteiger partial charge on any atom is -0.504 e. The minimum absolute atomic E-state index is 0.0858. The lowest BCUT2D eigenvalue weighted by molar-refractivity contribution is -0.119. The number of amides is 1. The Hall–Kier alpha value is -3.81. The summed E-state index contributed by atoms with van der Waals surface area (Å²) in [6, 6.07) is 15.4. The fraction of sp³-hybridized carbons (Fsp3) is 0.150. The van der Waals surface area contributed by atoms with Gasteiger partial charge < -0.3 is 19.9 Å². The standard InChI is InChI=1S/C20H19N3O5/c1-13-11-17(23(22-13)14-7-4-3-5-8-14)21-18(24)12-28-20(26)15-9-6-10-16(27-2)19(15)25/h3-11,25H,12H2,1-2H3,(H,21,24). The topological polar surface area (TPSA) is 103 Å². The van der Waals surface area contributed by atoms with Gasteiger partial charge in [-0.25, -0.2) is 9.48 Å². The summed E-state index contributed by atoms with van der Waals surface area (Å²) in [5.41, 5.74) is 1.42. The van der Waals surface area contributed by atoms with E-state index in [-0.39, 0.29) is 17.1 Å². The lowest BCUT2D eigenvalue weighted by Crippen LogP contribution is -2.22. The van der Waals surface area contributed by atoms with Crippen LogP contribution in [0.5, 0.6) is 11.5 Å². The Morgan fingerprint density at radius 3 is 2.61 bits per heavy atom. The number of phenolic OH excluding ortho intramolecular Hbond substituents is 1. The first-order chi connectivity index (χ1) is 13.5. The van der Waals surface area contributed by atoms with Crippen molar-refractivity contribution in [2.24, 2.45) is 0 Å². The Kier molecular flexibility index (Phi) is 5.59. The van der Waals surface area contributed by atoms with Crippen LogP contribution in [0.1, 0.15) is 16.1 Å². The molecule has 0 saturated carbocycles. The molecular formula is C20H19N3O5. The molecule has 3 rings (SSSR count). The highest BCUT2D eigenvalue weighted by molar-refractivity contribution is 5.97. The summed E-state index contributed by atoms with van der Waals surface area (Å²) in [5, 5.41) is 17.0. The molecule has 1 aromatic heterocycles. The van der Waals surface area contributed by atoms with Gasteiger partial charge in [0, 0.05) is 6.07 Å². The summed E-state index contributed by atoms with van der Waals surface area (Å²) < 4.78 is 11.5. The highest BCUT2D eigenvalue weighted by Gasteiger charge is 2.18. The van der Waals surface area contributed by atoms with Crippen LogP contribution in [0.15, 0.2) is 54.6 Å². The second kappa shape index (κ2) is 8.26. The van der Waals surface area contributed by atoms with Crippen LogP contribution >= 0.6 is 0 Å². The second-order valence-corrected chi connectivity index (χ2v) is 5.90. The zero-order valence-corrected chi connectivity index (χ0v) is 15.4. The Balaban J connectivity index is 1.67. The van der Waals surface area contributed by atoms with Gasteiger partial charge in [0.25, 0.3) is 5.91 Å². The Morgan fingerprint density at radius 1 is 1.14 bits per heavy atom. The molecular weight excluding hydrogens is 362 g/mol. The number of carbonyl (C=O) groups excluding carboxylic acids is 2. The molecule has 0 saturated heterocycles. The molecule has 0 aliphatic rings. The van der Waals surface area contributed by atoms with E-state index in [0.29, 0.717) is 5.82 Å². The number of ether oxygens (including phenoxy) is 2. The molecule has 0 aliphatic carbocycles. The van der Waals surface area contributed by atoms with Crippen LogP contribution in [0.25, 0.3) is 5.69 Å². The smallest absolute Gasteiger partial charge is 0.342 e. The highest BCUT2D eigenvalue weighted by atomic mass is 16.5. The van der Waals surface area contributed by atoms with E-state index in [2.05, 4.69) is 10.4 Å². The van der Waals surface area contributed by atoms with Crippen LogP contribution in [0.2, 0.25) is 0 Å². The summed E-state index contributed by atoms with van der Waals surface area (Å²) in [5.74, 6) is -1.12. The molecule has 3 aromatic rings. The first-order valence-electron chi connectivity index (χ1n) is 8.44. The molecule has 0 atom stereocenters. The quantitative estimate of drug-likeness (QED) is 0.637. The number of carbonyl (C=O) groups is 2. The maximum atomic E-state index is 12.2. The predicted molar refractivity (Wildman–Crippen MR) is 102 cm³/mol. The maximum absolute atomic E-state index is 12.2. The minimum atomic E-state index is -0.834. The third kappa shape index (κ3) is 4.12. The summed E-state index contributed by atoms with van der Waals surface area (Å²) in [7, 11) is 1.37. The summed E-state index contributed by atoms with van der Waals surface area (Å²) in [6.07, 6.45) is 0. The Morgan fingerprint density at radius 2 is 1.89 bits per heavy atom. The lowest BCUT2D eigenvalue weighted by Gasteiger charge is -2.10. The van der Waals surface area contributed by atoms with Crippen LogP contribution in [0.4, 0.5) is 5.82 Å². The van der Waals surface area contributed by atoms with Gasteiger partial charge in [0.2, 0.25) is 0 Å². The zero-order valence-electron chi connectivity index (χ0n) is 15.4. The van der Waals surface area contributed by atoms with Crippen molar-refractivity contribution in [3.63, 3.8) is 0 Å². The number of methoxy groups -OCH3 is 1. The number of hydrogen-bond acceptors (Lipinski definition) is 6. The van der Waals surface area contributed by atoms with Crippen molar-refractivity contribution >= 4 is 17.7 Å². The molecule has 1 amide bonds. The molecule has 0 fully saturated rings. The van der Waals surface area contributed by atoms with Gasteiger partial charge >= 0.3 is 5.97 Å². The molecule has 0 unspecified atom stereocenters. The van der Waals surface area contributed by atoms with Crippen molar-refractivity contribution in [2.45, 2.75) is 6.92 Å². The van der Waals surface area contributed by atoms with Crippen LogP contribution in [-0.4, -0.2) is 40.5 Å². The summed E-state index contributed by atoms with van der Waals surface area (Å²) in [4.78, 5) is 24.4. The normalized spacial score (nSPS) is 10.4. The molecule has 8 heteroatoms. The average Bonchev–Trinajstić information content (AvgIpc) is 3.07. The van der Waals surface area contributed by atoms with E-state index >= 15 is 0 Å². The van der Waals surface area contributed by atoms with Crippen LogP contribution < -0.4 is 10.1 Å². The van der Waals surface area contributed by atoms with Crippen molar-refractivity contribution in [3.8, 4) is 17.2 Å². The van der Waals surface area contributed by atoms with Gasteiger partial charge in [-0.1, -0.05) is 24.3 Å². The molecule has 8 nitrogen and oxygen atoms in total. The van der Waals surface area contributed by atoms with Crippen molar-refractivity contribution in [1.82, 2.24) is 9.78 Å². The summed E-state index contributed by atoms with van der Waals surface area (Å²) >= 11 is 0. The number of benzene rings is 2. The first-order valence-corrected chi connectivity index (χ1v) is 8.44. The van der Waals surface area contributed by atoms with Gasteiger partial charge in [-0.2, -0.15) is 5.10 Å². The third-order valence-corrected chi connectivity index (χ3v) is 3.87. The van der Waals surface area contributed by atoms with Gasteiger partial charge in [0.05, 0.1) is 18.5 Å². The number of anilines is 1. The van der Waals surface area contributed by atoms with E-state index in [1.807, 2.05) is 30.3 Å².